The molecule has 2 aromatic heterocycles. The minimum Gasteiger partial charge on any atom is -0.336 e. The Hall–Kier alpha value is -3.43. The molecule has 0 bridgehead atoms. The number of fused-ring (bicyclic) bond motifs is 1. The van der Waals surface area contributed by atoms with Crippen LogP contribution >= 0.6 is 0 Å². The van der Waals surface area contributed by atoms with E-state index in [4.69, 9.17) is 0 Å². The Balaban J connectivity index is 1.33. The molecule has 0 atom stereocenters. The third kappa shape index (κ3) is 3.49. The fraction of sp³-hybridized carbons (Fsp3) is 0.217. The fourth-order valence-electron chi connectivity index (χ4n) is 4.14. The summed E-state index contributed by atoms with van der Waals surface area (Å²) in [4.78, 5) is 15.2. The van der Waals surface area contributed by atoms with E-state index in [1.165, 1.54) is 4.31 Å². The fourth-order valence-corrected chi connectivity index (χ4v) is 5.60. The molecule has 1 aliphatic rings. The van der Waals surface area contributed by atoms with Crippen molar-refractivity contribution in [2.45, 2.75) is 4.90 Å². The maximum atomic E-state index is 13.2. The van der Waals surface area contributed by atoms with Crippen LogP contribution in [0, 0.1) is 0 Å². The molecule has 164 valence electrons. The topological polar surface area (TPSA) is 80.4 Å². The van der Waals surface area contributed by atoms with Crippen molar-refractivity contribution >= 4 is 26.7 Å². The van der Waals surface area contributed by atoms with Crippen molar-refractivity contribution in [3.05, 3.63) is 78.8 Å². The van der Waals surface area contributed by atoms with E-state index in [1.807, 2.05) is 59.4 Å². The number of sulfonamides is 1. The van der Waals surface area contributed by atoms with Gasteiger partial charge in [-0.25, -0.2) is 8.42 Å². The van der Waals surface area contributed by atoms with Gasteiger partial charge in [0.15, 0.2) is 0 Å². The van der Waals surface area contributed by atoms with Gasteiger partial charge in [-0.15, -0.1) is 0 Å². The predicted molar refractivity (Wildman–Crippen MR) is 121 cm³/mol. The molecule has 1 amide bonds. The summed E-state index contributed by atoms with van der Waals surface area (Å²) in [6.07, 6.45) is 5.29. The summed E-state index contributed by atoms with van der Waals surface area (Å²) in [5, 5.41) is 6.13. The normalized spacial score (nSPS) is 15.3. The van der Waals surface area contributed by atoms with Gasteiger partial charge in [-0.3, -0.25) is 9.48 Å². The Labute approximate surface area is 186 Å². The van der Waals surface area contributed by atoms with Gasteiger partial charge in [-0.1, -0.05) is 30.3 Å². The van der Waals surface area contributed by atoms with Gasteiger partial charge < -0.3 is 9.47 Å². The Morgan fingerprint density at radius 1 is 0.906 bits per heavy atom. The molecule has 1 fully saturated rings. The molecule has 9 heteroatoms. The van der Waals surface area contributed by atoms with Crippen molar-refractivity contribution in [2.24, 2.45) is 7.05 Å². The second kappa shape index (κ2) is 7.92. The highest BCUT2D eigenvalue weighted by Gasteiger charge is 2.32. The Kier molecular flexibility index (Phi) is 5.07. The van der Waals surface area contributed by atoms with Crippen molar-refractivity contribution in [3.8, 4) is 5.82 Å². The maximum absolute atomic E-state index is 13.2. The van der Waals surface area contributed by atoms with Crippen LogP contribution in [0.1, 0.15) is 10.4 Å². The molecule has 1 aliphatic heterocycles. The van der Waals surface area contributed by atoms with Crippen LogP contribution in [-0.4, -0.2) is 64.1 Å². The number of nitrogens with zero attached hydrogens (tertiary/aromatic N) is 5. The quantitative estimate of drug-likeness (QED) is 0.480. The monoisotopic (exact) mass is 449 g/mol. The highest BCUT2D eigenvalue weighted by Crippen LogP contribution is 2.24. The summed E-state index contributed by atoms with van der Waals surface area (Å²) in [5.74, 6) is 0.538. The van der Waals surface area contributed by atoms with Crippen molar-refractivity contribution in [2.75, 3.05) is 26.2 Å². The van der Waals surface area contributed by atoms with E-state index >= 15 is 0 Å². The van der Waals surface area contributed by atoms with E-state index in [2.05, 4.69) is 5.10 Å². The molecule has 0 unspecified atom stereocenters. The Bertz CT molecular complexity index is 1380. The molecule has 32 heavy (non-hydrogen) atoms. The standard InChI is InChI=1S/C23H23N5O3S/c1-25-22(26-10-4-5-11-26)21(17-24-25)23(29)27-12-14-28(15-13-27)32(30,31)20-9-8-18-6-2-3-7-19(18)16-20/h2-11,16-17H,12-15H2,1H3. The van der Waals surface area contributed by atoms with Crippen molar-refractivity contribution in [1.29, 1.82) is 0 Å². The summed E-state index contributed by atoms with van der Waals surface area (Å²) in [7, 11) is -1.84. The highest BCUT2D eigenvalue weighted by molar-refractivity contribution is 7.89. The SMILES string of the molecule is Cn1ncc(C(=O)N2CCN(S(=O)(=O)c3ccc4ccccc4c3)CC2)c1-n1cccc1. The molecular weight excluding hydrogens is 426 g/mol. The molecule has 1 saturated heterocycles. The first-order valence-corrected chi connectivity index (χ1v) is 11.8. The van der Waals surface area contributed by atoms with Crippen LogP contribution in [0.25, 0.3) is 16.6 Å². The largest absolute Gasteiger partial charge is 0.336 e. The lowest BCUT2D eigenvalue weighted by Crippen LogP contribution is -2.50. The van der Waals surface area contributed by atoms with Crippen LogP contribution < -0.4 is 0 Å². The molecule has 0 radical (unpaired) electrons. The second-order valence-corrected chi connectivity index (χ2v) is 9.74. The number of amides is 1. The smallest absolute Gasteiger partial charge is 0.259 e. The first-order chi connectivity index (χ1) is 15.4. The average Bonchev–Trinajstić information content (AvgIpc) is 3.48. The second-order valence-electron chi connectivity index (χ2n) is 7.80. The highest BCUT2D eigenvalue weighted by atomic mass is 32.2. The number of benzene rings is 2. The van der Waals surface area contributed by atoms with E-state index in [1.54, 1.807) is 35.0 Å². The van der Waals surface area contributed by atoms with Gasteiger partial charge in [-0.05, 0) is 35.0 Å². The van der Waals surface area contributed by atoms with Crippen LogP contribution in [0.2, 0.25) is 0 Å². The number of rotatable bonds is 4. The molecule has 2 aromatic carbocycles. The maximum Gasteiger partial charge on any atom is 0.259 e. The molecule has 0 saturated carbocycles. The summed E-state index contributed by atoms with van der Waals surface area (Å²) in [6, 6.07) is 16.6. The van der Waals surface area contributed by atoms with Gasteiger partial charge in [0.25, 0.3) is 5.91 Å². The Morgan fingerprint density at radius 3 is 2.31 bits per heavy atom. The van der Waals surface area contributed by atoms with Crippen molar-refractivity contribution < 1.29 is 13.2 Å². The summed E-state index contributed by atoms with van der Waals surface area (Å²) in [6.45, 7) is 1.15. The first kappa shape index (κ1) is 20.5. The average molecular weight is 450 g/mol. The number of hydrogen-bond acceptors (Lipinski definition) is 4. The molecule has 0 aliphatic carbocycles. The van der Waals surface area contributed by atoms with Crippen LogP contribution in [0.15, 0.2) is 78.1 Å². The van der Waals surface area contributed by atoms with Crippen LogP contribution in [0.4, 0.5) is 0 Å². The summed E-state index contributed by atoms with van der Waals surface area (Å²) >= 11 is 0. The van der Waals surface area contributed by atoms with Gasteiger partial charge in [0.2, 0.25) is 10.0 Å². The van der Waals surface area contributed by atoms with E-state index in [9.17, 15) is 13.2 Å². The van der Waals surface area contributed by atoms with Gasteiger partial charge in [-0.2, -0.15) is 9.40 Å². The molecular formula is C23H23N5O3S. The zero-order chi connectivity index (χ0) is 22.3. The number of hydrogen-bond donors (Lipinski definition) is 0. The van der Waals surface area contributed by atoms with E-state index in [-0.39, 0.29) is 23.9 Å². The zero-order valence-electron chi connectivity index (χ0n) is 17.6. The number of carbonyl (C=O) groups excluding carboxylic acids is 1. The van der Waals surface area contributed by atoms with E-state index in [0.29, 0.717) is 24.5 Å². The van der Waals surface area contributed by atoms with E-state index in [0.717, 1.165) is 10.8 Å². The van der Waals surface area contributed by atoms with Gasteiger partial charge in [0.05, 0.1) is 11.1 Å². The molecule has 4 aromatic rings. The number of carbonyl (C=O) groups is 1. The number of aryl methyl sites for hydroxylation is 1. The molecule has 5 rings (SSSR count). The predicted octanol–water partition coefficient (Wildman–Crippen LogP) is 2.51. The lowest BCUT2D eigenvalue weighted by Gasteiger charge is -2.34. The lowest BCUT2D eigenvalue weighted by atomic mass is 10.1. The molecule has 0 N–H and O–H groups in total. The number of piperazine rings is 1. The molecule has 8 nitrogen and oxygen atoms in total. The van der Waals surface area contributed by atoms with Gasteiger partial charge >= 0.3 is 0 Å². The molecule has 3 heterocycles. The first-order valence-electron chi connectivity index (χ1n) is 10.4. The zero-order valence-corrected chi connectivity index (χ0v) is 18.4. The van der Waals surface area contributed by atoms with Crippen LogP contribution in [0.3, 0.4) is 0 Å². The van der Waals surface area contributed by atoms with E-state index < -0.39 is 10.0 Å². The number of aromatic nitrogens is 3. The van der Waals surface area contributed by atoms with Crippen LogP contribution in [0.5, 0.6) is 0 Å². The minimum atomic E-state index is -3.63. The van der Waals surface area contributed by atoms with Crippen molar-refractivity contribution in [1.82, 2.24) is 23.6 Å². The third-order valence-electron chi connectivity index (χ3n) is 5.87. The molecule has 0 spiro atoms. The Morgan fingerprint density at radius 2 is 1.59 bits per heavy atom. The minimum absolute atomic E-state index is 0.149. The third-order valence-corrected chi connectivity index (χ3v) is 7.77. The van der Waals surface area contributed by atoms with Gasteiger partial charge in [0.1, 0.15) is 11.4 Å². The van der Waals surface area contributed by atoms with Crippen molar-refractivity contribution in [3.63, 3.8) is 0 Å². The van der Waals surface area contributed by atoms with Gasteiger partial charge in [0, 0.05) is 45.6 Å². The summed E-state index contributed by atoms with van der Waals surface area (Å²) in [5.41, 5.74) is 0.495. The summed E-state index contributed by atoms with van der Waals surface area (Å²) < 4.78 is 31.4. The van der Waals surface area contributed by atoms with Crippen LogP contribution in [-0.2, 0) is 17.1 Å². The lowest BCUT2D eigenvalue weighted by molar-refractivity contribution is 0.0698.